The van der Waals surface area contributed by atoms with Gasteiger partial charge in [-0.1, -0.05) is 22.3 Å². The summed E-state index contributed by atoms with van der Waals surface area (Å²) in [6.07, 6.45) is -2.07. The SMILES string of the molecule is O=C(C=CC(=O)Oc1ccccc1)OCCCC(F)(F)C(F)(F)S(=O)(=O)NS(=O)(=O)C(F)(F)F. The van der Waals surface area contributed by atoms with Crippen LogP contribution in [0.1, 0.15) is 12.8 Å². The summed E-state index contributed by atoms with van der Waals surface area (Å²) in [4.78, 5) is 22.9. The average Bonchev–Trinajstić information content (AvgIpc) is 2.68. The average molecular weight is 545 g/mol. The van der Waals surface area contributed by atoms with Crippen LogP contribution in [0.2, 0.25) is 0 Å². The zero-order valence-corrected chi connectivity index (χ0v) is 18.0. The van der Waals surface area contributed by atoms with Gasteiger partial charge in [0.05, 0.1) is 6.61 Å². The Labute approximate surface area is 187 Å². The largest absolute Gasteiger partial charge is 0.512 e. The molecule has 9 nitrogen and oxygen atoms in total. The minimum atomic E-state index is -7.07. The number of para-hydroxylation sites is 1. The Balaban J connectivity index is 2.64. The van der Waals surface area contributed by atoms with E-state index in [-0.39, 0.29) is 5.75 Å². The van der Waals surface area contributed by atoms with E-state index in [9.17, 15) is 57.2 Å². The lowest BCUT2D eigenvalue weighted by Gasteiger charge is -2.26. The van der Waals surface area contributed by atoms with Gasteiger partial charge in [0.2, 0.25) is 0 Å². The third-order valence-corrected chi connectivity index (χ3v) is 6.82. The number of alkyl halides is 7. The number of carbonyl (C=O) groups excluding carboxylic acids is 2. The van der Waals surface area contributed by atoms with Crippen molar-refractivity contribution >= 4 is 32.0 Å². The fourth-order valence-corrected chi connectivity index (χ4v) is 4.32. The number of halogens is 7. The third-order valence-electron chi connectivity index (χ3n) is 3.48. The number of rotatable bonds is 11. The topological polar surface area (TPSA) is 133 Å². The number of nitrogens with one attached hydrogen (secondary N) is 1. The van der Waals surface area contributed by atoms with Gasteiger partial charge < -0.3 is 9.47 Å². The van der Waals surface area contributed by atoms with Crippen molar-refractivity contribution in [1.29, 1.82) is 0 Å². The highest BCUT2D eigenvalue weighted by atomic mass is 32.3. The number of hydrogen-bond donors (Lipinski definition) is 1. The molecule has 0 aliphatic rings. The fourth-order valence-electron chi connectivity index (χ4n) is 1.88. The number of benzene rings is 1. The number of sulfonamides is 2. The van der Waals surface area contributed by atoms with Crippen molar-refractivity contribution in [2.24, 2.45) is 0 Å². The summed E-state index contributed by atoms with van der Waals surface area (Å²) in [6, 6.07) is 7.52. The summed E-state index contributed by atoms with van der Waals surface area (Å²) in [7, 11) is -14.0. The molecule has 0 amide bonds. The molecule has 1 rings (SSSR count). The van der Waals surface area contributed by atoms with E-state index in [0.717, 1.165) is 0 Å². The van der Waals surface area contributed by atoms with Crippen molar-refractivity contribution in [3.8, 4) is 5.75 Å². The lowest BCUT2D eigenvalue weighted by atomic mass is 10.2. The van der Waals surface area contributed by atoms with Gasteiger partial charge >= 0.3 is 38.6 Å². The van der Waals surface area contributed by atoms with Gasteiger partial charge in [0.1, 0.15) is 5.75 Å². The Morgan fingerprint density at radius 1 is 0.853 bits per heavy atom. The second-order valence-electron chi connectivity index (χ2n) is 6.10. The van der Waals surface area contributed by atoms with Gasteiger partial charge in [-0.2, -0.15) is 30.7 Å². The second-order valence-corrected chi connectivity index (χ2v) is 9.75. The van der Waals surface area contributed by atoms with Crippen molar-refractivity contribution < 1.29 is 66.6 Å². The molecule has 0 heterocycles. The van der Waals surface area contributed by atoms with Crippen LogP contribution < -0.4 is 8.86 Å². The first kappa shape index (κ1) is 29.3. The maximum atomic E-state index is 13.7. The molecule has 34 heavy (non-hydrogen) atoms. The fraction of sp³-hybridized carbons (Fsp3) is 0.375. The van der Waals surface area contributed by atoms with E-state index < -0.39 is 72.2 Å². The first-order valence-corrected chi connectivity index (χ1v) is 11.5. The summed E-state index contributed by atoms with van der Waals surface area (Å²) < 4.78 is 144. The Kier molecular flexibility index (Phi) is 9.21. The minimum absolute atomic E-state index is 0.126. The van der Waals surface area contributed by atoms with Crippen molar-refractivity contribution in [1.82, 2.24) is 4.13 Å². The molecule has 1 N–H and O–H groups in total. The molecule has 0 aliphatic heterocycles. The van der Waals surface area contributed by atoms with E-state index in [1.807, 2.05) is 0 Å². The quantitative estimate of drug-likeness (QED) is 0.148. The van der Waals surface area contributed by atoms with Crippen LogP contribution in [-0.2, 0) is 34.4 Å². The van der Waals surface area contributed by atoms with Gasteiger partial charge in [0, 0.05) is 18.6 Å². The summed E-state index contributed by atoms with van der Waals surface area (Å²) in [5, 5.41) is -6.29. The first-order chi connectivity index (χ1) is 15.3. The van der Waals surface area contributed by atoms with Gasteiger partial charge in [0.15, 0.2) is 0 Å². The molecule has 0 bridgehead atoms. The lowest BCUT2D eigenvalue weighted by molar-refractivity contribution is -0.164. The van der Waals surface area contributed by atoms with Gasteiger partial charge in [-0.05, 0) is 18.6 Å². The minimum Gasteiger partial charge on any atom is -0.463 e. The van der Waals surface area contributed by atoms with Crippen molar-refractivity contribution in [2.75, 3.05) is 6.61 Å². The maximum Gasteiger partial charge on any atom is 0.512 e. The Bertz CT molecular complexity index is 1120. The van der Waals surface area contributed by atoms with Crippen LogP contribution in [0.5, 0.6) is 5.75 Å². The van der Waals surface area contributed by atoms with E-state index in [2.05, 4.69) is 4.74 Å². The predicted octanol–water partition coefficient (Wildman–Crippen LogP) is 2.47. The van der Waals surface area contributed by atoms with Crippen LogP contribution in [0.3, 0.4) is 0 Å². The van der Waals surface area contributed by atoms with Crippen LogP contribution >= 0.6 is 0 Å². The molecule has 0 unspecified atom stereocenters. The number of ether oxygens (including phenoxy) is 2. The smallest absolute Gasteiger partial charge is 0.463 e. The first-order valence-electron chi connectivity index (χ1n) is 8.54. The zero-order chi connectivity index (χ0) is 26.4. The van der Waals surface area contributed by atoms with E-state index in [1.54, 1.807) is 6.07 Å². The standard InChI is InChI=1S/C16H14F7NO8S2/c17-14(18,15(19,20)33(27,28)24-34(29,30)16(21,22)23)9-4-10-31-12(25)7-8-13(26)32-11-5-2-1-3-6-11/h1-3,5-8,24H,4,9-10H2. The van der Waals surface area contributed by atoms with Gasteiger partial charge in [-0.15, -0.1) is 0 Å². The van der Waals surface area contributed by atoms with Crippen LogP contribution in [0.4, 0.5) is 30.7 Å². The Morgan fingerprint density at radius 3 is 1.91 bits per heavy atom. The van der Waals surface area contributed by atoms with Gasteiger partial charge in [-0.3, -0.25) is 0 Å². The van der Waals surface area contributed by atoms with Gasteiger partial charge in [0.25, 0.3) is 10.0 Å². The predicted molar refractivity (Wildman–Crippen MR) is 98.3 cm³/mol. The molecule has 1 aromatic rings. The molecule has 0 atom stereocenters. The third kappa shape index (κ3) is 7.66. The van der Waals surface area contributed by atoms with Crippen LogP contribution in [-0.4, -0.2) is 52.1 Å². The van der Waals surface area contributed by atoms with Crippen LogP contribution in [0, 0.1) is 0 Å². The normalized spacial score (nSPS) is 13.6. The van der Waals surface area contributed by atoms with Crippen molar-refractivity contribution in [3.05, 3.63) is 42.5 Å². The molecule has 0 fully saturated rings. The highest BCUT2D eigenvalue weighted by Gasteiger charge is 2.67. The molecular weight excluding hydrogens is 531 g/mol. The molecular formula is C16H14F7NO8S2. The summed E-state index contributed by atoms with van der Waals surface area (Å²) >= 11 is 0. The van der Waals surface area contributed by atoms with Crippen molar-refractivity contribution in [3.63, 3.8) is 0 Å². The molecule has 0 aliphatic carbocycles. The number of hydrogen-bond acceptors (Lipinski definition) is 8. The maximum absolute atomic E-state index is 13.7. The number of esters is 2. The molecule has 0 saturated carbocycles. The Hall–Kier alpha value is -2.73. The lowest BCUT2D eigenvalue weighted by Crippen LogP contribution is -2.55. The zero-order valence-electron chi connectivity index (χ0n) is 16.4. The van der Waals surface area contributed by atoms with E-state index in [0.29, 0.717) is 12.2 Å². The molecule has 0 radical (unpaired) electrons. The highest BCUT2D eigenvalue weighted by Crippen LogP contribution is 2.42. The van der Waals surface area contributed by atoms with Crippen LogP contribution in [0.15, 0.2) is 42.5 Å². The monoisotopic (exact) mass is 545 g/mol. The van der Waals surface area contributed by atoms with Crippen LogP contribution in [0.25, 0.3) is 0 Å². The van der Waals surface area contributed by atoms with E-state index in [1.165, 1.54) is 24.3 Å². The summed E-state index contributed by atoms with van der Waals surface area (Å²) in [6.45, 7) is -1.00. The molecule has 1 aromatic carbocycles. The second kappa shape index (κ2) is 10.7. The Morgan fingerprint density at radius 2 is 1.38 bits per heavy atom. The van der Waals surface area contributed by atoms with E-state index in [4.69, 9.17) is 4.74 Å². The van der Waals surface area contributed by atoms with Crippen molar-refractivity contribution in [2.45, 2.75) is 29.5 Å². The molecule has 18 heteroatoms. The molecule has 0 saturated heterocycles. The van der Waals surface area contributed by atoms with Gasteiger partial charge in [-0.25, -0.2) is 26.4 Å². The molecule has 0 aromatic heterocycles. The highest BCUT2D eigenvalue weighted by molar-refractivity contribution is 8.05. The summed E-state index contributed by atoms with van der Waals surface area (Å²) in [5.74, 6) is -7.77. The number of carbonyl (C=O) groups is 2. The summed E-state index contributed by atoms with van der Waals surface area (Å²) in [5.41, 5.74) is -6.37. The molecule has 192 valence electrons. The molecule has 0 spiro atoms. The van der Waals surface area contributed by atoms with E-state index >= 15 is 0 Å².